The molecular formula is C15H18F3N5. The highest BCUT2D eigenvalue weighted by Gasteiger charge is 2.36. The van der Waals surface area contributed by atoms with E-state index in [0.29, 0.717) is 18.3 Å². The molecule has 0 radical (unpaired) electrons. The van der Waals surface area contributed by atoms with E-state index < -0.39 is 11.9 Å². The minimum Gasteiger partial charge on any atom is -0.340 e. The molecule has 0 spiro atoms. The van der Waals surface area contributed by atoms with Gasteiger partial charge in [0.25, 0.3) is 0 Å². The van der Waals surface area contributed by atoms with Crippen LogP contribution in [0.1, 0.15) is 36.0 Å². The number of hydrogen-bond acceptors (Lipinski definition) is 4. The molecular weight excluding hydrogens is 307 g/mol. The second-order valence-corrected chi connectivity index (χ2v) is 5.88. The van der Waals surface area contributed by atoms with Crippen LogP contribution in [0.2, 0.25) is 0 Å². The van der Waals surface area contributed by atoms with Crippen LogP contribution in [0.3, 0.4) is 0 Å². The van der Waals surface area contributed by atoms with E-state index in [0.717, 1.165) is 31.3 Å². The van der Waals surface area contributed by atoms with Crippen molar-refractivity contribution >= 4 is 5.95 Å². The summed E-state index contributed by atoms with van der Waals surface area (Å²) < 4.78 is 40.0. The molecule has 0 amide bonds. The molecule has 0 unspecified atom stereocenters. The number of aromatic nitrogens is 4. The van der Waals surface area contributed by atoms with Gasteiger partial charge in [-0.2, -0.15) is 13.2 Å². The van der Waals surface area contributed by atoms with Crippen LogP contribution in [-0.2, 0) is 13.2 Å². The summed E-state index contributed by atoms with van der Waals surface area (Å²) in [6.45, 7) is 3.27. The summed E-state index contributed by atoms with van der Waals surface area (Å²) in [5.74, 6) is 1.03. The van der Waals surface area contributed by atoms with Crippen molar-refractivity contribution in [3.05, 3.63) is 35.7 Å². The number of aryl methyl sites for hydroxylation is 2. The Kier molecular flexibility index (Phi) is 3.99. The van der Waals surface area contributed by atoms with Gasteiger partial charge in [-0.3, -0.25) is 0 Å². The quantitative estimate of drug-likeness (QED) is 0.852. The van der Waals surface area contributed by atoms with Gasteiger partial charge in [-0.15, -0.1) is 0 Å². The summed E-state index contributed by atoms with van der Waals surface area (Å²) in [4.78, 5) is 14.5. The second kappa shape index (κ2) is 5.82. The predicted octanol–water partition coefficient (Wildman–Crippen LogP) is 2.92. The number of alkyl halides is 3. The molecule has 5 nitrogen and oxygen atoms in total. The Hall–Kier alpha value is -2.12. The molecule has 0 aromatic carbocycles. The molecule has 3 rings (SSSR count). The van der Waals surface area contributed by atoms with Crippen molar-refractivity contribution in [1.82, 2.24) is 19.5 Å². The third kappa shape index (κ3) is 3.30. The standard InChI is InChI=1S/C15H18F3N5/c1-10-5-6-19-14(20-10)23-7-3-4-11(8-23)13-21-12(9-22(13)2)15(16,17)18/h5-6,9,11H,3-4,7-8H2,1-2H3/t11-/m0/s1. The van der Waals surface area contributed by atoms with Crippen LogP contribution >= 0.6 is 0 Å². The number of nitrogens with zero attached hydrogens (tertiary/aromatic N) is 5. The number of hydrogen-bond donors (Lipinski definition) is 0. The molecule has 124 valence electrons. The van der Waals surface area contributed by atoms with E-state index in [-0.39, 0.29) is 5.92 Å². The normalized spacial score (nSPS) is 19.2. The Morgan fingerprint density at radius 1 is 1.26 bits per heavy atom. The van der Waals surface area contributed by atoms with E-state index in [1.807, 2.05) is 17.9 Å². The van der Waals surface area contributed by atoms with Crippen molar-refractivity contribution < 1.29 is 13.2 Å². The third-order valence-corrected chi connectivity index (χ3v) is 4.05. The largest absolute Gasteiger partial charge is 0.434 e. The highest BCUT2D eigenvalue weighted by molar-refractivity contribution is 5.32. The van der Waals surface area contributed by atoms with Gasteiger partial charge in [0.05, 0.1) is 0 Å². The first kappa shape index (κ1) is 15.8. The smallest absolute Gasteiger partial charge is 0.340 e. The van der Waals surface area contributed by atoms with Gasteiger partial charge < -0.3 is 9.47 Å². The average Bonchev–Trinajstić information content (AvgIpc) is 2.90. The zero-order valence-corrected chi connectivity index (χ0v) is 13.0. The molecule has 0 N–H and O–H groups in total. The van der Waals surface area contributed by atoms with E-state index in [9.17, 15) is 13.2 Å². The molecule has 1 saturated heterocycles. The monoisotopic (exact) mass is 325 g/mol. The maximum absolute atomic E-state index is 12.8. The molecule has 23 heavy (non-hydrogen) atoms. The maximum atomic E-state index is 12.8. The fraction of sp³-hybridized carbons (Fsp3) is 0.533. The van der Waals surface area contributed by atoms with Crippen LogP contribution in [0.25, 0.3) is 0 Å². The number of imidazole rings is 1. The fourth-order valence-electron chi connectivity index (χ4n) is 2.95. The molecule has 1 aliphatic rings. The van der Waals surface area contributed by atoms with Gasteiger partial charge in [0.2, 0.25) is 5.95 Å². The molecule has 1 atom stereocenters. The van der Waals surface area contributed by atoms with Crippen LogP contribution in [0.4, 0.5) is 19.1 Å². The first-order valence-corrected chi connectivity index (χ1v) is 7.49. The van der Waals surface area contributed by atoms with E-state index in [1.165, 1.54) is 4.57 Å². The number of piperidine rings is 1. The van der Waals surface area contributed by atoms with Crippen molar-refractivity contribution in [2.24, 2.45) is 7.05 Å². The van der Waals surface area contributed by atoms with Crippen LogP contribution in [0, 0.1) is 6.92 Å². The Bertz CT molecular complexity index is 695. The van der Waals surface area contributed by atoms with Crippen molar-refractivity contribution in [1.29, 1.82) is 0 Å². The molecule has 0 saturated carbocycles. The lowest BCUT2D eigenvalue weighted by atomic mass is 9.97. The highest BCUT2D eigenvalue weighted by Crippen LogP contribution is 2.32. The van der Waals surface area contributed by atoms with Crippen molar-refractivity contribution in [2.75, 3.05) is 18.0 Å². The molecule has 8 heteroatoms. The molecule has 2 aromatic heterocycles. The molecule has 0 aliphatic carbocycles. The highest BCUT2D eigenvalue weighted by atomic mass is 19.4. The number of rotatable bonds is 2. The Labute approximate surface area is 132 Å². The zero-order valence-electron chi connectivity index (χ0n) is 13.0. The lowest BCUT2D eigenvalue weighted by molar-refractivity contribution is -0.141. The average molecular weight is 325 g/mol. The maximum Gasteiger partial charge on any atom is 0.434 e. The first-order chi connectivity index (χ1) is 10.8. The fourth-order valence-corrected chi connectivity index (χ4v) is 2.95. The lowest BCUT2D eigenvalue weighted by Gasteiger charge is -2.32. The van der Waals surface area contributed by atoms with Crippen LogP contribution in [-0.4, -0.2) is 32.6 Å². The second-order valence-electron chi connectivity index (χ2n) is 5.88. The minimum absolute atomic E-state index is 0.0611. The Balaban J connectivity index is 1.83. The van der Waals surface area contributed by atoms with Crippen molar-refractivity contribution in [2.45, 2.75) is 31.9 Å². The van der Waals surface area contributed by atoms with E-state index in [2.05, 4.69) is 15.0 Å². The summed E-state index contributed by atoms with van der Waals surface area (Å²) in [7, 11) is 1.61. The Morgan fingerprint density at radius 3 is 2.70 bits per heavy atom. The van der Waals surface area contributed by atoms with Gasteiger partial charge in [-0.1, -0.05) is 0 Å². The van der Waals surface area contributed by atoms with E-state index in [4.69, 9.17) is 0 Å². The van der Waals surface area contributed by atoms with Gasteiger partial charge >= 0.3 is 6.18 Å². The van der Waals surface area contributed by atoms with Crippen LogP contribution in [0.15, 0.2) is 18.5 Å². The van der Waals surface area contributed by atoms with Crippen molar-refractivity contribution in [3.63, 3.8) is 0 Å². The molecule has 1 fully saturated rings. The number of halogens is 3. The minimum atomic E-state index is -4.41. The van der Waals surface area contributed by atoms with Crippen LogP contribution in [0.5, 0.6) is 0 Å². The van der Waals surface area contributed by atoms with Gasteiger partial charge in [0.15, 0.2) is 5.69 Å². The van der Waals surface area contributed by atoms with Gasteiger partial charge in [0.1, 0.15) is 5.82 Å². The summed E-state index contributed by atoms with van der Waals surface area (Å²) in [5, 5.41) is 0. The van der Waals surface area contributed by atoms with Crippen LogP contribution < -0.4 is 4.90 Å². The molecule has 1 aliphatic heterocycles. The number of anilines is 1. The topological polar surface area (TPSA) is 46.8 Å². The lowest BCUT2D eigenvalue weighted by Crippen LogP contribution is -2.36. The molecule has 0 bridgehead atoms. The molecule has 3 heterocycles. The van der Waals surface area contributed by atoms with E-state index >= 15 is 0 Å². The summed E-state index contributed by atoms with van der Waals surface area (Å²) in [5.41, 5.74) is 0.0346. The summed E-state index contributed by atoms with van der Waals surface area (Å²) in [6, 6.07) is 1.82. The van der Waals surface area contributed by atoms with Crippen molar-refractivity contribution in [3.8, 4) is 0 Å². The van der Waals surface area contributed by atoms with E-state index in [1.54, 1.807) is 13.2 Å². The van der Waals surface area contributed by atoms with Gasteiger partial charge in [-0.25, -0.2) is 15.0 Å². The third-order valence-electron chi connectivity index (χ3n) is 4.05. The van der Waals surface area contributed by atoms with Gasteiger partial charge in [0, 0.05) is 44.1 Å². The van der Waals surface area contributed by atoms with Gasteiger partial charge in [-0.05, 0) is 25.8 Å². The SMILES string of the molecule is Cc1ccnc(N2CCC[C@H](c3nc(C(F)(F)F)cn3C)C2)n1. The predicted molar refractivity (Wildman–Crippen MR) is 79.2 cm³/mol. The zero-order chi connectivity index (χ0) is 16.6. The Morgan fingerprint density at radius 2 is 2.04 bits per heavy atom. The summed E-state index contributed by atoms with van der Waals surface area (Å²) >= 11 is 0. The first-order valence-electron chi connectivity index (χ1n) is 7.49. The summed E-state index contributed by atoms with van der Waals surface area (Å²) in [6.07, 6.45) is 0.0198. The molecule has 2 aromatic rings.